The Labute approximate surface area is 78.9 Å². The Hall–Kier alpha value is -0.220. The van der Waals surface area contributed by atoms with Crippen LogP contribution in [0.5, 0.6) is 0 Å². The first-order valence-electron chi connectivity index (χ1n) is 4.31. The highest BCUT2D eigenvalue weighted by molar-refractivity contribution is 7.81. The van der Waals surface area contributed by atoms with Gasteiger partial charge in [0.15, 0.2) is 6.04 Å². The van der Waals surface area contributed by atoms with Crippen molar-refractivity contribution in [3.8, 4) is 0 Å². The number of rotatable bonds is 2. The van der Waals surface area contributed by atoms with E-state index in [9.17, 15) is 4.79 Å². The number of likely N-dealkylation sites (tertiary alicyclic amines) is 1. The second-order valence-corrected chi connectivity index (χ2v) is 4.52. The first-order valence-corrected chi connectivity index (χ1v) is 4.83. The minimum Gasteiger partial charge on any atom is -0.365 e. The van der Waals surface area contributed by atoms with Gasteiger partial charge >= 0.3 is 0 Å². The van der Waals surface area contributed by atoms with Crippen LogP contribution in [0.25, 0.3) is 0 Å². The predicted octanol–water partition coefficient (Wildman–Crippen LogP) is 0.00890. The summed E-state index contributed by atoms with van der Waals surface area (Å²) in [5.74, 6) is -0.184. The lowest BCUT2D eigenvalue weighted by atomic mass is 10.2. The van der Waals surface area contributed by atoms with E-state index >= 15 is 0 Å². The van der Waals surface area contributed by atoms with Crippen molar-refractivity contribution in [1.82, 2.24) is 0 Å². The van der Waals surface area contributed by atoms with Crippen LogP contribution in [0.1, 0.15) is 13.3 Å². The van der Waals surface area contributed by atoms with E-state index < -0.39 is 0 Å². The van der Waals surface area contributed by atoms with Gasteiger partial charge in [-0.1, -0.05) is 0 Å². The van der Waals surface area contributed by atoms with E-state index in [1.807, 2.05) is 0 Å². The summed E-state index contributed by atoms with van der Waals surface area (Å²) >= 11 is 4.39. The molecule has 70 valence electrons. The number of carbonyl (C=O) groups is 1. The minimum atomic E-state index is -0.184. The summed E-state index contributed by atoms with van der Waals surface area (Å²) in [4.78, 5) is 11.1. The Morgan fingerprint density at radius 3 is 2.67 bits per heavy atom. The molecule has 1 rings (SSSR count). The van der Waals surface area contributed by atoms with Gasteiger partial charge in [0.25, 0.3) is 5.91 Å². The Kier molecular flexibility index (Phi) is 2.68. The lowest BCUT2D eigenvalue weighted by Crippen LogP contribution is -2.53. The smallest absolute Gasteiger partial charge is 0.275 e. The number of nitrogens with zero attached hydrogens (tertiary/aromatic N) is 1. The zero-order valence-corrected chi connectivity index (χ0v) is 8.55. The van der Waals surface area contributed by atoms with Crippen molar-refractivity contribution in [3.05, 3.63) is 0 Å². The van der Waals surface area contributed by atoms with E-state index in [0.29, 0.717) is 5.25 Å². The quantitative estimate of drug-likeness (QED) is 0.466. The highest BCUT2D eigenvalue weighted by Gasteiger charge is 2.44. The fourth-order valence-electron chi connectivity index (χ4n) is 1.97. The van der Waals surface area contributed by atoms with Gasteiger partial charge in [-0.05, 0) is 6.92 Å². The van der Waals surface area contributed by atoms with Crippen LogP contribution in [0.3, 0.4) is 0 Å². The summed E-state index contributed by atoms with van der Waals surface area (Å²) in [6, 6.07) is -0.0301. The third-order valence-corrected chi connectivity index (χ3v) is 3.30. The maximum atomic E-state index is 11.1. The van der Waals surface area contributed by atoms with E-state index in [2.05, 4.69) is 26.6 Å². The molecule has 0 aromatic carbocycles. The lowest BCUT2D eigenvalue weighted by Gasteiger charge is -2.33. The highest BCUT2D eigenvalue weighted by Crippen LogP contribution is 2.27. The van der Waals surface area contributed by atoms with Crippen LogP contribution in [0.2, 0.25) is 0 Å². The van der Waals surface area contributed by atoms with Crippen molar-refractivity contribution >= 4 is 18.5 Å². The molecule has 0 saturated carbocycles. The molecule has 0 spiro atoms. The van der Waals surface area contributed by atoms with Gasteiger partial charge in [-0.2, -0.15) is 12.6 Å². The molecule has 1 aliphatic rings. The fraction of sp³-hybridized carbons (Fsp3) is 0.875. The summed E-state index contributed by atoms with van der Waals surface area (Å²) < 4.78 is 0.753. The third-order valence-electron chi connectivity index (χ3n) is 2.93. The molecule has 0 radical (unpaired) electrons. The summed E-state index contributed by atoms with van der Waals surface area (Å²) in [7, 11) is 2.08. The van der Waals surface area contributed by atoms with E-state index in [1.165, 1.54) is 0 Å². The second kappa shape index (κ2) is 3.26. The molecule has 1 amide bonds. The number of likely N-dealkylation sites (N-methyl/N-ethyl adjacent to an activating group) is 1. The topological polar surface area (TPSA) is 43.1 Å². The number of carbonyl (C=O) groups excluding carboxylic acids is 1. The average Bonchev–Trinajstić information content (AvgIpc) is 2.27. The van der Waals surface area contributed by atoms with Crippen molar-refractivity contribution in [1.29, 1.82) is 0 Å². The number of quaternary nitrogens is 1. The van der Waals surface area contributed by atoms with E-state index in [1.54, 1.807) is 0 Å². The van der Waals surface area contributed by atoms with E-state index in [-0.39, 0.29) is 11.9 Å². The van der Waals surface area contributed by atoms with Crippen LogP contribution in [0.4, 0.5) is 0 Å². The van der Waals surface area contributed by atoms with E-state index in [4.69, 9.17) is 5.73 Å². The van der Waals surface area contributed by atoms with Crippen LogP contribution in [0, 0.1) is 0 Å². The first kappa shape index (κ1) is 9.86. The zero-order chi connectivity index (χ0) is 9.35. The van der Waals surface area contributed by atoms with Gasteiger partial charge < -0.3 is 10.2 Å². The highest BCUT2D eigenvalue weighted by atomic mass is 32.1. The second-order valence-electron chi connectivity index (χ2n) is 3.79. The van der Waals surface area contributed by atoms with Gasteiger partial charge in [-0.15, -0.1) is 0 Å². The van der Waals surface area contributed by atoms with Crippen LogP contribution in [0.15, 0.2) is 0 Å². The number of thiol groups is 1. The Balaban J connectivity index is 2.78. The maximum Gasteiger partial charge on any atom is 0.275 e. The van der Waals surface area contributed by atoms with Crippen molar-refractivity contribution in [2.45, 2.75) is 24.6 Å². The third kappa shape index (κ3) is 1.59. The van der Waals surface area contributed by atoms with Crippen molar-refractivity contribution < 1.29 is 9.28 Å². The molecule has 12 heavy (non-hydrogen) atoms. The molecule has 0 aromatic rings. The molecule has 0 aromatic heterocycles. The molecule has 0 aliphatic carbocycles. The van der Waals surface area contributed by atoms with Crippen molar-refractivity contribution in [3.63, 3.8) is 0 Å². The van der Waals surface area contributed by atoms with Gasteiger partial charge in [0, 0.05) is 6.42 Å². The zero-order valence-electron chi connectivity index (χ0n) is 7.66. The number of primary amides is 1. The Bertz CT molecular complexity index is 197. The molecule has 2 N–H and O–H groups in total. The molecule has 0 bridgehead atoms. The molecule has 1 unspecified atom stereocenters. The maximum absolute atomic E-state index is 11.1. The monoisotopic (exact) mass is 189 g/mol. The molecule has 1 saturated heterocycles. The van der Waals surface area contributed by atoms with Gasteiger partial charge in [0.05, 0.1) is 25.4 Å². The Morgan fingerprint density at radius 1 is 1.75 bits per heavy atom. The fourth-order valence-corrected chi connectivity index (χ4v) is 2.54. The molecule has 4 heteroatoms. The molecule has 3 atom stereocenters. The molecule has 1 fully saturated rings. The van der Waals surface area contributed by atoms with Crippen molar-refractivity contribution in [2.75, 3.05) is 20.1 Å². The molecule has 1 heterocycles. The molecular weight excluding hydrogens is 172 g/mol. The van der Waals surface area contributed by atoms with Gasteiger partial charge in [0.1, 0.15) is 0 Å². The SMILES string of the molecule is CC[N+]1(C)C[C@@H](S)C[C@H]1C(N)=O. The van der Waals surface area contributed by atoms with Crippen molar-refractivity contribution in [2.24, 2.45) is 5.73 Å². The summed E-state index contributed by atoms with van der Waals surface area (Å²) in [5.41, 5.74) is 5.32. The Morgan fingerprint density at radius 2 is 2.33 bits per heavy atom. The number of hydrogen-bond donors (Lipinski definition) is 2. The van der Waals surface area contributed by atoms with E-state index in [0.717, 1.165) is 24.0 Å². The first-order chi connectivity index (χ1) is 5.49. The standard InChI is InChI=1S/C8H16N2OS/c1-3-10(2)5-6(12)4-7(10)8(9)11/h6-7H,3-5H2,1-2H3,(H2-,9,11,12)/p+1/t6-,7-,10?/m0/s1. The van der Waals surface area contributed by atoms with Crippen LogP contribution in [-0.2, 0) is 4.79 Å². The van der Waals surface area contributed by atoms with Gasteiger partial charge in [0.2, 0.25) is 0 Å². The number of nitrogens with two attached hydrogens (primary N) is 1. The number of hydrogen-bond acceptors (Lipinski definition) is 2. The largest absolute Gasteiger partial charge is 0.365 e. The van der Waals surface area contributed by atoms with Crippen LogP contribution >= 0.6 is 12.6 Å². The summed E-state index contributed by atoms with van der Waals surface area (Å²) in [6.45, 7) is 3.99. The normalized spacial score (nSPS) is 41.6. The average molecular weight is 189 g/mol. The van der Waals surface area contributed by atoms with Crippen LogP contribution in [-0.4, -0.2) is 41.8 Å². The molecule has 1 aliphatic heterocycles. The predicted molar refractivity (Wildman–Crippen MR) is 52.0 cm³/mol. The minimum absolute atomic E-state index is 0.0301. The number of amides is 1. The molecule has 3 nitrogen and oxygen atoms in total. The van der Waals surface area contributed by atoms with Gasteiger partial charge in [-0.3, -0.25) is 4.79 Å². The summed E-state index contributed by atoms with van der Waals surface area (Å²) in [5, 5.41) is 0.326. The summed E-state index contributed by atoms with van der Waals surface area (Å²) in [6.07, 6.45) is 0.822. The van der Waals surface area contributed by atoms with Gasteiger partial charge in [-0.25, -0.2) is 0 Å². The lowest BCUT2D eigenvalue weighted by molar-refractivity contribution is -0.910. The van der Waals surface area contributed by atoms with Crippen LogP contribution < -0.4 is 5.73 Å². The molecular formula is C8H17N2OS+.